The van der Waals surface area contributed by atoms with Gasteiger partial charge in [0.05, 0.1) is 29.4 Å². The Hall–Kier alpha value is -2.59. The lowest BCUT2D eigenvalue weighted by Crippen LogP contribution is -2.40. The molecule has 4 rings (SSSR count). The quantitative estimate of drug-likeness (QED) is 0.526. The van der Waals surface area contributed by atoms with Crippen molar-refractivity contribution in [3.63, 3.8) is 0 Å². The average Bonchev–Trinajstić information content (AvgIpc) is 3.28. The zero-order chi connectivity index (χ0) is 21.8. The van der Waals surface area contributed by atoms with Gasteiger partial charge in [0.15, 0.2) is 0 Å². The monoisotopic (exact) mass is 458 g/mol. The van der Waals surface area contributed by atoms with E-state index in [0.29, 0.717) is 32.0 Å². The Kier molecular flexibility index (Phi) is 6.47. The molecule has 162 valence electrons. The summed E-state index contributed by atoms with van der Waals surface area (Å²) in [4.78, 5) is 17.0. The zero-order valence-corrected chi connectivity index (χ0v) is 18.6. The maximum atomic E-state index is 12.7. The van der Waals surface area contributed by atoms with Crippen LogP contribution in [0, 0.1) is 6.92 Å². The molecule has 3 aromatic rings. The van der Waals surface area contributed by atoms with Crippen LogP contribution < -0.4 is 0 Å². The van der Waals surface area contributed by atoms with Crippen LogP contribution >= 0.6 is 11.3 Å². The van der Waals surface area contributed by atoms with Crippen molar-refractivity contribution in [1.29, 1.82) is 0 Å². The molecule has 2 heterocycles. The summed E-state index contributed by atoms with van der Waals surface area (Å²) in [7, 11) is -3.59. The molecule has 1 aromatic heterocycles. The van der Waals surface area contributed by atoms with Gasteiger partial charge in [-0.05, 0) is 31.2 Å². The fourth-order valence-electron chi connectivity index (χ4n) is 3.12. The van der Waals surface area contributed by atoms with Crippen molar-refractivity contribution in [3.8, 4) is 10.6 Å². The van der Waals surface area contributed by atoms with E-state index in [1.54, 1.807) is 0 Å². The molecule has 0 amide bonds. The van der Waals surface area contributed by atoms with E-state index in [0.717, 1.165) is 10.6 Å². The molecule has 0 atom stereocenters. The minimum Gasteiger partial charge on any atom is -0.456 e. The number of rotatable bonds is 6. The van der Waals surface area contributed by atoms with Gasteiger partial charge >= 0.3 is 5.97 Å². The van der Waals surface area contributed by atoms with Gasteiger partial charge in [0.1, 0.15) is 11.6 Å². The number of thiazole rings is 1. The number of carbonyl (C=O) groups excluding carboxylic acids is 1. The summed E-state index contributed by atoms with van der Waals surface area (Å²) in [5.74, 6) is -0.528. The lowest BCUT2D eigenvalue weighted by molar-refractivity contribution is 0.0468. The predicted octanol–water partition coefficient (Wildman–Crippen LogP) is 3.50. The third-order valence-corrected chi connectivity index (χ3v) is 7.75. The van der Waals surface area contributed by atoms with Crippen molar-refractivity contribution < 1.29 is 22.7 Å². The van der Waals surface area contributed by atoms with Gasteiger partial charge < -0.3 is 9.47 Å². The van der Waals surface area contributed by atoms with Gasteiger partial charge in [0, 0.05) is 24.0 Å². The number of aryl methyl sites for hydroxylation is 1. The third kappa shape index (κ3) is 5.01. The first-order valence-corrected chi connectivity index (χ1v) is 12.1. The van der Waals surface area contributed by atoms with Crippen molar-refractivity contribution >= 4 is 27.3 Å². The summed E-state index contributed by atoms with van der Waals surface area (Å²) >= 11 is 1.49. The summed E-state index contributed by atoms with van der Waals surface area (Å²) in [6.45, 7) is 3.49. The first-order chi connectivity index (χ1) is 14.9. The van der Waals surface area contributed by atoms with Crippen molar-refractivity contribution in [1.82, 2.24) is 9.29 Å². The van der Waals surface area contributed by atoms with Crippen molar-refractivity contribution in [3.05, 3.63) is 70.7 Å². The second-order valence-corrected chi connectivity index (χ2v) is 9.92. The standard InChI is InChI=1S/C22H22N2O5S2/c1-16-2-4-17(5-3-16)21-23-19(15-30-21)14-29-22(25)18-6-8-20(9-7-18)31(26,27)24-10-12-28-13-11-24/h2-9,15H,10-14H2,1H3. The average molecular weight is 459 g/mol. The molecule has 0 aliphatic carbocycles. The van der Waals surface area contributed by atoms with Crippen LogP contribution in [0.1, 0.15) is 21.6 Å². The molecule has 31 heavy (non-hydrogen) atoms. The Morgan fingerprint density at radius 3 is 2.45 bits per heavy atom. The molecule has 1 saturated heterocycles. The summed E-state index contributed by atoms with van der Waals surface area (Å²) in [6.07, 6.45) is 0. The van der Waals surface area contributed by atoms with E-state index in [4.69, 9.17) is 9.47 Å². The number of hydrogen-bond donors (Lipinski definition) is 0. The third-order valence-electron chi connectivity index (χ3n) is 4.90. The van der Waals surface area contributed by atoms with E-state index in [9.17, 15) is 13.2 Å². The van der Waals surface area contributed by atoms with Crippen molar-refractivity contribution in [2.75, 3.05) is 26.3 Å². The molecule has 0 unspecified atom stereocenters. The fraction of sp³-hybridized carbons (Fsp3) is 0.273. The van der Waals surface area contributed by atoms with Crippen LogP contribution in [0.15, 0.2) is 58.8 Å². The normalized spacial score (nSPS) is 15.0. The molecule has 9 heteroatoms. The summed E-state index contributed by atoms with van der Waals surface area (Å²) in [5, 5.41) is 2.73. The zero-order valence-electron chi connectivity index (χ0n) is 17.0. The number of ether oxygens (including phenoxy) is 2. The molecule has 0 saturated carbocycles. The van der Waals surface area contributed by atoms with Gasteiger partial charge in [-0.15, -0.1) is 11.3 Å². The minimum absolute atomic E-state index is 0.0506. The molecule has 7 nitrogen and oxygen atoms in total. The lowest BCUT2D eigenvalue weighted by Gasteiger charge is -2.26. The number of morpholine rings is 1. The summed E-state index contributed by atoms with van der Waals surface area (Å²) in [5.41, 5.74) is 3.15. The molecular formula is C22H22N2O5S2. The van der Waals surface area contributed by atoms with Crippen LogP contribution in [-0.2, 0) is 26.1 Å². The number of benzene rings is 2. The van der Waals surface area contributed by atoms with E-state index >= 15 is 0 Å². The van der Waals surface area contributed by atoms with E-state index in [-0.39, 0.29) is 17.1 Å². The van der Waals surface area contributed by atoms with Crippen molar-refractivity contribution in [2.45, 2.75) is 18.4 Å². The van der Waals surface area contributed by atoms with E-state index in [1.807, 2.05) is 36.6 Å². The molecule has 2 aromatic carbocycles. The van der Waals surface area contributed by atoms with E-state index in [2.05, 4.69) is 4.98 Å². The topological polar surface area (TPSA) is 85.8 Å². The van der Waals surface area contributed by atoms with Gasteiger partial charge in [-0.25, -0.2) is 18.2 Å². The minimum atomic E-state index is -3.59. The lowest BCUT2D eigenvalue weighted by atomic mass is 10.2. The first-order valence-electron chi connectivity index (χ1n) is 9.80. The van der Waals surface area contributed by atoms with Crippen molar-refractivity contribution in [2.24, 2.45) is 0 Å². The van der Waals surface area contributed by atoms with Crippen LogP contribution in [0.5, 0.6) is 0 Å². The highest BCUT2D eigenvalue weighted by Gasteiger charge is 2.26. The van der Waals surface area contributed by atoms with Crippen LogP contribution in [0.2, 0.25) is 0 Å². The number of esters is 1. The van der Waals surface area contributed by atoms with Gasteiger partial charge in [0.2, 0.25) is 10.0 Å². The highest BCUT2D eigenvalue weighted by molar-refractivity contribution is 7.89. The molecule has 0 spiro atoms. The summed E-state index contributed by atoms with van der Waals surface area (Å²) < 4.78 is 37.3. The highest BCUT2D eigenvalue weighted by atomic mass is 32.2. The molecule has 1 fully saturated rings. The second-order valence-electron chi connectivity index (χ2n) is 7.13. The van der Waals surface area contributed by atoms with Crippen LogP contribution in [-0.4, -0.2) is 50.0 Å². The maximum absolute atomic E-state index is 12.7. The molecular weight excluding hydrogens is 436 g/mol. The van der Waals surface area contributed by atoms with E-state index < -0.39 is 16.0 Å². The second kappa shape index (κ2) is 9.27. The number of carbonyl (C=O) groups is 1. The molecule has 1 aliphatic rings. The summed E-state index contributed by atoms with van der Waals surface area (Å²) in [6, 6.07) is 13.9. The Bertz CT molecular complexity index is 1150. The maximum Gasteiger partial charge on any atom is 0.338 e. The predicted molar refractivity (Wildman–Crippen MR) is 117 cm³/mol. The fourth-order valence-corrected chi connectivity index (χ4v) is 5.34. The molecule has 0 N–H and O–H groups in total. The number of nitrogens with zero attached hydrogens (tertiary/aromatic N) is 2. The first kappa shape index (κ1) is 21.6. The Balaban J connectivity index is 1.37. The Labute approximate surface area is 185 Å². The molecule has 0 bridgehead atoms. The smallest absolute Gasteiger partial charge is 0.338 e. The molecule has 0 radical (unpaired) electrons. The van der Waals surface area contributed by atoms with Crippen LogP contribution in [0.4, 0.5) is 0 Å². The Morgan fingerprint density at radius 1 is 1.10 bits per heavy atom. The Morgan fingerprint density at radius 2 is 1.77 bits per heavy atom. The van der Waals surface area contributed by atoms with Gasteiger partial charge in [-0.3, -0.25) is 0 Å². The SMILES string of the molecule is Cc1ccc(-c2nc(COC(=O)c3ccc(S(=O)(=O)N4CCOCC4)cc3)cs2)cc1. The van der Waals surface area contributed by atoms with Gasteiger partial charge in [-0.1, -0.05) is 29.8 Å². The van der Waals surface area contributed by atoms with Gasteiger partial charge in [0.25, 0.3) is 0 Å². The number of sulfonamides is 1. The van der Waals surface area contributed by atoms with Gasteiger partial charge in [-0.2, -0.15) is 4.31 Å². The molecule has 1 aliphatic heterocycles. The number of aromatic nitrogens is 1. The van der Waals surface area contributed by atoms with E-state index in [1.165, 1.54) is 45.5 Å². The van der Waals surface area contributed by atoms with Crippen LogP contribution in [0.25, 0.3) is 10.6 Å². The number of hydrogen-bond acceptors (Lipinski definition) is 7. The van der Waals surface area contributed by atoms with Crippen LogP contribution in [0.3, 0.4) is 0 Å². The largest absolute Gasteiger partial charge is 0.456 e. The highest BCUT2D eigenvalue weighted by Crippen LogP contribution is 2.24.